The van der Waals surface area contributed by atoms with Gasteiger partial charge in [-0.2, -0.15) is 0 Å². The van der Waals surface area contributed by atoms with Crippen molar-refractivity contribution in [2.45, 2.75) is 25.8 Å². The van der Waals surface area contributed by atoms with Crippen molar-refractivity contribution < 1.29 is 0 Å². The lowest BCUT2D eigenvalue weighted by Crippen LogP contribution is -2.40. The van der Waals surface area contributed by atoms with Crippen LogP contribution < -0.4 is 10.6 Å². The van der Waals surface area contributed by atoms with E-state index in [1.165, 1.54) is 10.8 Å². The summed E-state index contributed by atoms with van der Waals surface area (Å²) in [6.45, 7) is 4.07. The lowest BCUT2D eigenvalue weighted by Gasteiger charge is -2.33. The Morgan fingerprint density at radius 1 is 1.04 bits per heavy atom. The van der Waals surface area contributed by atoms with Gasteiger partial charge < -0.3 is 10.6 Å². The summed E-state index contributed by atoms with van der Waals surface area (Å²) in [6, 6.07) is 17.2. The summed E-state index contributed by atoms with van der Waals surface area (Å²) >= 11 is 0. The molecule has 2 aromatic carbocycles. The molecule has 25 heavy (non-hydrogen) atoms. The Labute approximate surface area is 148 Å². The first-order valence-corrected chi connectivity index (χ1v) is 9.03. The molecule has 0 radical (unpaired) electrons. The van der Waals surface area contributed by atoms with E-state index in [0.29, 0.717) is 5.92 Å². The molecule has 4 rings (SSSR count). The molecule has 128 valence electrons. The molecule has 0 saturated carbocycles. The Kier molecular flexibility index (Phi) is 4.36. The van der Waals surface area contributed by atoms with Crippen molar-refractivity contribution in [2.75, 3.05) is 18.0 Å². The van der Waals surface area contributed by atoms with Gasteiger partial charge in [0.2, 0.25) is 5.95 Å². The SMILES string of the molecule is C[C@@H](N)C1CCN(c2nccc(-c3ccc4ccccc4c3)n2)CC1. The molecular formula is C21H24N4. The van der Waals surface area contributed by atoms with Crippen LogP contribution in [0.15, 0.2) is 54.7 Å². The fraction of sp³-hybridized carbons (Fsp3) is 0.333. The van der Waals surface area contributed by atoms with Gasteiger partial charge in [-0.15, -0.1) is 0 Å². The first-order valence-electron chi connectivity index (χ1n) is 9.03. The van der Waals surface area contributed by atoms with E-state index >= 15 is 0 Å². The molecular weight excluding hydrogens is 308 g/mol. The van der Waals surface area contributed by atoms with E-state index in [-0.39, 0.29) is 6.04 Å². The van der Waals surface area contributed by atoms with Gasteiger partial charge in [-0.3, -0.25) is 0 Å². The average Bonchev–Trinajstić information content (AvgIpc) is 2.68. The van der Waals surface area contributed by atoms with Crippen molar-refractivity contribution in [3.63, 3.8) is 0 Å². The van der Waals surface area contributed by atoms with Crippen LogP contribution in [0.2, 0.25) is 0 Å². The first-order chi connectivity index (χ1) is 12.2. The number of piperidine rings is 1. The van der Waals surface area contributed by atoms with Crippen molar-refractivity contribution in [3.8, 4) is 11.3 Å². The molecule has 1 fully saturated rings. The van der Waals surface area contributed by atoms with Crippen LogP contribution in [0.4, 0.5) is 5.95 Å². The Bertz CT molecular complexity index is 866. The third-order valence-corrected chi connectivity index (χ3v) is 5.25. The van der Waals surface area contributed by atoms with Crippen LogP contribution >= 0.6 is 0 Å². The third kappa shape index (κ3) is 3.35. The molecule has 2 heterocycles. The minimum Gasteiger partial charge on any atom is -0.341 e. The van der Waals surface area contributed by atoms with Crippen molar-refractivity contribution in [1.82, 2.24) is 9.97 Å². The maximum absolute atomic E-state index is 6.05. The monoisotopic (exact) mass is 332 g/mol. The molecule has 0 spiro atoms. The average molecular weight is 332 g/mol. The fourth-order valence-corrected chi connectivity index (χ4v) is 3.64. The molecule has 0 aliphatic carbocycles. The van der Waals surface area contributed by atoms with Crippen molar-refractivity contribution in [1.29, 1.82) is 0 Å². The highest BCUT2D eigenvalue weighted by molar-refractivity contribution is 5.86. The molecule has 0 unspecified atom stereocenters. The fourth-order valence-electron chi connectivity index (χ4n) is 3.64. The highest BCUT2D eigenvalue weighted by Gasteiger charge is 2.23. The number of nitrogens with two attached hydrogens (primary N) is 1. The number of hydrogen-bond donors (Lipinski definition) is 1. The zero-order chi connectivity index (χ0) is 17.2. The smallest absolute Gasteiger partial charge is 0.225 e. The first kappa shape index (κ1) is 16.0. The molecule has 4 nitrogen and oxygen atoms in total. The number of benzene rings is 2. The molecule has 1 aliphatic rings. The molecule has 1 atom stereocenters. The number of fused-ring (bicyclic) bond motifs is 1. The van der Waals surface area contributed by atoms with Crippen molar-refractivity contribution in [2.24, 2.45) is 11.7 Å². The third-order valence-electron chi connectivity index (χ3n) is 5.25. The standard InChI is InChI=1S/C21H24N4/c1-15(22)16-9-12-25(13-10-16)21-23-11-8-20(24-21)19-7-6-17-4-2-3-5-18(17)14-19/h2-8,11,14-16H,9-10,12-13,22H2,1H3/t15-/m1/s1. The van der Waals surface area contributed by atoms with E-state index in [2.05, 4.69) is 59.3 Å². The van der Waals surface area contributed by atoms with E-state index < -0.39 is 0 Å². The zero-order valence-electron chi connectivity index (χ0n) is 14.6. The molecule has 4 heteroatoms. The molecule has 0 bridgehead atoms. The van der Waals surface area contributed by atoms with Gasteiger partial charge in [-0.1, -0.05) is 36.4 Å². The molecule has 1 aromatic heterocycles. The number of rotatable bonds is 3. The summed E-state index contributed by atoms with van der Waals surface area (Å²) in [5, 5.41) is 2.48. The molecule has 0 amide bonds. The highest BCUT2D eigenvalue weighted by atomic mass is 15.2. The predicted octanol–water partition coefficient (Wildman–Crippen LogP) is 3.86. The van der Waals surface area contributed by atoms with Crippen molar-refractivity contribution in [3.05, 3.63) is 54.7 Å². The summed E-state index contributed by atoms with van der Waals surface area (Å²) < 4.78 is 0. The Hall–Kier alpha value is -2.46. The van der Waals surface area contributed by atoms with Crippen LogP contribution in [0.25, 0.3) is 22.0 Å². The van der Waals surface area contributed by atoms with E-state index in [1.54, 1.807) is 0 Å². The molecule has 1 aliphatic heterocycles. The largest absolute Gasteiger partial charge is 0.341 e. The Morgan fingerprint density at radius 3 is 2.56 bits per heavy atom. The van der Waals surface area contributed by atoms with Crippen LogP contribution in [0.1, 0.15) is 19.8 Å². The van der Waals surface area contributed by atoms with Crippen LogP contribution in [0.5, 0.6) is 0 Å². The van der Waals surface area contributed by atoms with Gasteiger partial charge in [0.15, 0.2) is 0 Å². The number of anilines is 1. The summed E-state index contributed by atoms with van der Waals surface area (Å²) in [4.78, 5) is 11.6. The number of aromatic nitrogens is 2. The lowest BCUT2D eigenvalue weighted by molar-refractivity contribution is 0.352. The molecule has 3 aromatic rings. The summed E-state index contributed by atoms with van der Waals surface area (Å²) in [7, 11) is 0. The zero-order valence-corrected chi connectivity index (χ0v) is 14.6. The summed E-state index contributed by atoms with van der Waals surface area (Å²) in [6.07, 6.45) is 4.09. The second-order valence-electron chi connectivity index (χ2n) is 6.99. The van der Waals surface area contributed by atoms with Crippen LogP contribution in [-0.2, 0) is 0 Å². The molecule has 1 saturated heterocycles. The maximum atomic E-state index is 6.05. The van der Waals surface area contributed by atoms with E-state index in [1.807, 2.05) is 12.3 Å². The van der Waals surface area contributed by atoms with Crippen molar-refractivity contribution >= 4 is 16.7 Å². The van der Waals surface area contributed by atoms with Crippen LogP contribution in [-0.4, -0.2) is 29.1 Å². The van der Waals surface area contributed by atoms with Gasteiger partial charge in [0.1, 0.15) is 0 Å². The van der Waals surface area contributed by atoms with Crippen LogP contribution in [0, 0.1) is 5.92 Å². The molecule has 2 N–H and O–H groups in total. The Morgan fingerprint density at radius 2 is 1.80 bits per heavy atom. The van der Waals surface area contributed by atoms with Gasteiger partial charge >= 0.3 is 0 Å². The van der Waals surface area contributed by atoms with Gasteiger partial charge in [0, 0.05) is 30.9 Å². The number of nitrogens with zero attached hydrogens (tertiary/aromatic N) is 3. The summed E-state index contributed by atoms with van der Waals surface area (Å²) in [5.41, 5.74) is 8.16. The van der Waals surface area contributed by atoms with E-state index in [4.69, 9.17) is 10.7 Å². The van der Waals surface area contributed by atoms with Gasteiger partial charge in [-0.25, -0.2) is 9.97 Å². The minimum absolute atomic E-state index is 0.270. The predicted molar refractivity (Wildman–Crippen MR) is 104 cm³/mol. The van der Waals surface area contributed by atoms with E-state index in [9.17, 15) is 0 Å². The quantitative estimate of drug-likeness (QED) is 0.791. The van der Waals surface area contributed by atoms with Crippen LogP contribution in [0.3, 0.4) is 0 Å². The number of hydrogen-bond acceptors (Lipinski definition) is 4. The maximum Gasteiger partial charge on any atom is 0.225 e. The Balaban J connectivity index is 1.59. The lowest BCUT2D eigenvalue weighted by atomic mass is 9.91. The summed E-state index contributed by atoms with van der Waals surface area (Å²) in [5.74, 6) is 1.44. The second kappa shape index (κ2) is 6.81. The van der Waals surface area contributed by atoms with Gasteiger partial charge in [0.25, 0.3) is 0 Å². The normalized spacial score (nSPS) is 17.0. The highest BCUT2D eigenvalue weighted by Crippen LogP contribution is 2.26. The van der Waals surface area contributed by atoms with Gasteiger partial charge in [-0.05, 0) is 48.6 Å². The van der Waals surface area contributed by atoms with E-state index in [0.717, 1.165) is 43.1 Å². The second-order valence-corrected chi connectivity index (χ2v) is 6.99. The topological polar surface area (TPSA) is 55.0 Å². The van der Waals surface area contributed by atoms with Gasteiger partial charge in [0.05, 0.1) is 5.69 Å². The minimum atomic E-state index is 0.270.